The van der Waals surface area contributed by atoms with E-state index in [1.54, 1.807) is 4.90 Å². The molecule has 1 N–H and O–H groups in total. The van der Waals surface area contributed by atoms with Gasteiger partial charge in [-0.25, -0.2) is 0 Å². The number of nitrogens with zero attached hydrogens (tertiary/aromatic N) is 1. The van der Waals surface area contributed by atoms with Gasteiger partial charge in [0.2, 0.25) is 5.91 Å². The van der Waals surface area contributed by atoms with Crippen molar-refractivity contribution in [3.8, 4) is 0 Å². The minimum Gasteiger partial charge on any atom is -0.466 e. The van der Waals surface area contributed by atoms with Crippen LogP contribution in [-0.2, 0) is 11.2 Å². The van der Waals surface area contributed by atoms with Crippen LogP contribution in [0.4, 0.5) is 0 Å². The van der Waals surface area contributed by atoms with Gasteiger partial charge in [0.25, 0.3) is 0 Å². The molecule has 1 fully saturated rings. The molecule has 4 heteroatoms. The number of carbonyl (C=O) groups excluding carboxylic acids is 1. The lowest BCUT2D eigenvalue weighted by Crippen LogP contribution is -2.55. The lowest BCUT2D eigenvalue weighted by molar-refractivity contribution is -0.141. The second-order valence-corrected chi connectivity index (χ2v) is 5.70. The highest BCUT2D eigenvalue weighted by atomic mass is 16.3. The SMILES string of the molecule is Cc1ccc(CC(=O)N2CC(O)CCC2(C)C)o1. The van der Waals surface area contributed by atoms with Crippen LogP contribution in [0.25, 0.3) is 0 Å². The van der Waals surface area contributed by atoms with Crippen molar-refractivity contribution in [2.24, 2.45) is 0 Å². The number of piperidine rings is 1. The van der Waals surface area contributed by atoms with Crippen molar-refractivity contribution in [3.05, 3.63) is 23.7 Å². The highest BCUT2D eigenvalue weighted by Crippen LogP contribution is 2.28. The molecule has 1 atom stereocenters. The first-order valence-electron chi connectivity index (χ1n) is 6.42. The van der Waals surface area contributed by atoms with Crippen LogP contribution in [0.2, 0.25) is 0 Å². The van der Waals surface area contributed by atoms with Crippen molar-refractivity contribution in [1.29, 1.82) is 0 Å². The van der Waals surface area contributed by atoms with Crippen molar-refractivity contribution in [3.63, 3.8) is 0 Å². The molecule has 1 amide bonds. The number of aryl methyl sites for hydroxylation is 1. The number of aliphatic hydroxyl groups excluding tert-OH is 1. The molecule has 1 unspecified atom stereocenters. The Morgan fingerprint density at radius 1 is 1.56 bits per heavy atom. The third-order valence-corrected chi connectivity index (χ3v) is 3.64. The van der Waals surface area contributed by atoms with E-state index >= 15 is 0 Å². The summed E-state index contributed by atoms with van der Waals surface area (Å²) in [5.41, 5.74) is -0.183. The molecule has 0 saturated carbocycles. The van der Waals surface area contributed by atoms with E-state index in [9.17, 15) is 9.90 Å². The molecule has 1 aliphatic rings. The third-order valence-electron chi connectivity index (χ3n) is 3.64. The third kappa shape index (κ3) is 2.75. The molecular formula is C14H21NO3. The van der Waals surface area contributed by atoms with E-state index in [0.717, 1.165) is 18.6 Å². The summed E-state index contributed by atoms with van der Waals surface area (Å²) in [4.78, 5) is 14.1. The number of likely N-dealkylation sites (tertiary alicyclic amines) is 1. The number of carbonyl (C=O) groups is 1. The first kappa shape index (κ1) is 13.1. The van der Waals surface area contributed by atoms with E-state index in [0.29, 0.717) is 12.3 Å². The molecule has 0 spiro atoms. The fourth-order valence-corrected chi connectivity index (χ4v) is 2.47. The number of amides is 1. The molecule has 1 saturated heterocycles. The number of β-amino-alcohol motifs (C(OH)–C–C–N with tert-alkyl or cyclic N) is 1. The number of furan rings is 1. The van der Waals surface area contributed by atoms with Crippen LogP contribution in [0.15, 0.2) is 16.5 Å². The topological polar surface area (TPSA) is 53.7 Å². The van der Waals surface area contributed by atoms with Crippen LogP contribution in [0.3, 0.4) is 0 Å². The monoisotopic (exact) mass is 251 g/mol. The molecular weight excluding hydrogens is 230 g/mol. The fourth-order valence-electron chi connectivity index (χ4n) is 2.47. The van der Waals surface area contributed by atoms with E-state index in [1.807, 2.05) is 32.9 Å². The van der Waals surface area contributed by atoms with Gasteiger partial charge in [-0.05, 0) is 45.7 Å². The molecule has 1 aromatic heterocycles. The quantitative estimate of drug-likeness (QED) is 0.873. The molecule has 0 aliphatic carbocycles. The van der Waals surface area contributed by atoms with Gasteiger partial charge in [0.05, 0.1) is 12.5 Å². The highest BCUT2D eigenvalue weighted by molar-refractivity contribution is 5.79. The Hall–Kier alpha value is -1.29. The second-order valence-electron chi connectivity index (χ2n) is 5.70. The second kappa shape index (κ2) is 4.76. The van der Waals surface area contributed by atoms with Gasteiger partial charge in [-0.3, -0.25) is 4.79 Å². The number of aliphatic hydroxyl groups is 1. The Labute approximate surface area is 108 Å². The van der Waals surface area contributed by atoms with E-state index in [-0.39, 0.29) is 17.9 Å². The van der Waals surface area contributed by atoms with Crippen LogP contribution in [-0.4, -0.2) is 34.1 Å². The lowest BCUT2D eigenvalue weighted by Gasteiger charge is -2.44. The molecule has 4 nitrogen and oxygen atoms in total. The van der Waals surface area contributed by atoms with Gasteiger partial charge in [0, 0.05) is 12.1 Å². The van der Waals surface area contributed by atoms with E-state index in [1.165, 1.54) is 0 Å². The van der Waals surface area contributed by atoms with Gasteiger partial charge in [-0.1, -0.05) is 0 Å². The fraction of sp³-hybridized carbons (Fsp3) is 0.643. The maximum Gasteiger partial charge on any atom is 0.230 e. The molecule has 18 heavy (non-hydrogen) atoms. The minimum absolute atomic E-state index is 0.0214. The Morgan fingerprint density at radius 2 is 2.28 bits per heavy atom. The summed E-state index contributed by atoms with van der Waals surface area (Å²) in [6, 6.07) is 3.69. The van der Waals surface area contributed by atoms with Gasteiger partial charge < -0.3 is 14.4 Å². The predicted molar refractivity (Wildman–Crippen MR) is 68.2 cm³/mol. The van der Waals surface area contributed by atoms with Gasteiger partial charge in [-0.2, -0.15) is 0 Å². The van der Waals surface area contributed by atoms with Gasteiger partial charge in [0.15, 0.2) is 0 Å². The van der Waals surface area contributed by atoms with E-state index < -0.39 is 6.10 Å². The largest absolute Gasteiger partial charge is 0.466 e. The molecule has 1 aliphatic heterocycles. The smallest absolute Gasteiger partial charge is 0.230 e. The Kier molecular flexibility index (Phi) is 3.48. The zero-order valence-electron chi connectivity index (χ0n) is 11.3. The van der Waals surface area contributed by atoms with Crippen molar-refractivity contribution in [1.82, 2.24) is 4.90 Å². The van der Waals surface area contributed by atoms with Gasteiger partial charge in [0.1, 0.15) is 11.5 Å². The van der Waals surface area contributed by atoms with Crippen LogP contribution in [0.1, 0.15) is 38.2 Å². The Bertz CT molecular complexity index is 436. The normalized spacial score (nSPS) is 23.1. The average molecular weight is 251 g/mol. The van der Waals surface area contributed by atoms with Crippen LogP contribution in [0, 0.1) is 6.92 Å². The van der Waals surface area contributed by atoms with Crippen molar-refractivity contribution < 1.29 is 14.3 Å². The minimum atomic E-state index is -0.402. The summed E-state index contributed by atoms with van der Waals surface area (Å²) < 4.78 is 5.43. The highest BCUT2D eigenvalue weighted by Gasteiger charge is 2.36. The number of hydrogen-bond acceptors (Lipinski definition) is 3. The summed E-state index contributed by atoms with van der Waals surface area (Å²) >= 11 is 0. The average Bonchev–Trinajstić information content (AvgIpc) is 2.67. The van der Waals surface area contributed by atoms with Crippen LogP contribution >= 0.6 is 0 Å². The molecule has 1 aromatic rings. The molecule has 0 radical (unpaired) electrons. The first-order valence-corrected chi connectivity index (χ1v) is 6.42. The molecule has 100 valence electrons. The van der Waals surface area contributed by atoms with Gasteiger partial charge in [-0.15, -0.1) is 0 Å². The lowest BCUT2D eigenvalue weighted by atomic mass is 9.89. The number of rotatable bonds is 2. The summed E-state index contributed by atoms with van der Waals surface area (Å²) in [6.07, 6.45) is 1.46. The van der Waals surface area contributed by atoms with Crippen molar-refractivity contribution in [2.45, 2.75) is 51.7 Å². The first-order chi connectivity index (χ1) is 8.38. The Morgan fingerprint density at radius 3 is 2.89 bits per heavy atom. The van der Waals surface area contributed by atoms with E-state index in [2.05, 4.69) is 0 Å². The molecule has 0 aromatic carbocycles. The predicted octanol–water partition coefficient (Wildman–Crippen LogP) is 1.89. The molecule has 2 heterocycles. The zero-order chi connectivity index (χ0) is 13.3. The van der Waals surface area contributed by atoms with E-state index in [4.69, 9.17) is 4.42 Å². The van der Waals surface area contributed by atoms with Crippen LogP contribution < -0.4 is 0 Å². The standard InChI is InChI=1S/C14H21NO3/c1-10-4-5-12(18-10)8-13(17)15-9-11(16)6-7-14(15,2)3/h4-5,11,16H,6-9H2,1-3H3. The van der Waals surface area contributed by atoms with Crippen molar-refractivity contribution in [2.75, 3.05) is 6.54 Å². The Balaban J connectivity index is 2.07. The summed E-state index contributed by atoms with van der Waals surface area (Å²) in [5.74, 6) is 1.53. The maximum atomic E-state index is 12.3. The van der Waals surface area contributed by atoms with Crippen molar-refractivity contribution >= 4 is 5.91 Å². The van der Waals surface area contributed by atoms with Gasteiger partial charge >= 0.3 is 0 Å². The molecule has 0 bridgehead atoms. The summed E-state index contributed by atoms with van der Waals surface area (Å²) in [5, 5.41) is 9.71. The summed E-state index contributed by atoms with van der Waals surface area (Å²) in [7, 11) is 0. The summed E-state index contributed by atoms with van der Waals surface area (Å²) in [6.45, 7) is 6.38. The molecule has 2 rings (SSSR count). The maximum absolute atomic E-state index is 12.3. The zero-order valence-corrected chi connectivity index (χ0v) is 11.3. The van der Waals surface area contributed by atoms with Crippen LogP contribution in [0.5, 0.6) is 0 Å². The number of hydrogen-bond donors (Lipinski definition) is 1.